The van der Waals surface area contributed by atoms with Crippen molar-refractivity contribution in [2.75, 3.05) is 24.8 Å². The van der Waals surface area contributed by atoms with Crippen molar-refractivity contribution in [2.24, 2.45) is 0 Å². The Morgan fingerprint density at radius 2 is 1.81 bits per heavy atom. The van der Waals surface area contributed by atoms with E-state index in [0.717, 1.165) is 12.1 Å². The van der Waals surface area contributed by atoms with Gasteiger partial charge in [0.15, 0.2) is 11.6 Å². The summed E-state index contributed by atoms with van der Waals surface area (Å²) in [4.78, 5) is 0. The Hall–Kier alpha value is -1.36. The second kappa shape index (κ2) is 4.65. The van der Waals surface area contributed by atoms with Crippen molar-refractivity contribution in [3.05, 3.63) is 23.8 Å². The molecule has 1 aromatic carbocycles. The highest BCUT2D eigenvalue weighted by atomic mass is 19.1. The average molecular weight is 230 g/mol. The van der Waals surface area contributed by atoms with Gasteiger partial charge < -0.3 is 15.8 Å². The molecule has 0 fully saturated rings. The summed E-state index contributed by atoms with van der Waals surface area (Å²) in [6.07, 6.45) is 0. The highest BCUT2D eigenvalue weighted by molar-refractivity contribution is 5.55. The number of halogens is 2. The zero-order valence-corrected chi connectivity index (χ0v) is 9.60. The Bertz CT molecular complexity index is 357. The van der Waals surface area contributed by atoms with Gasteiger partial charge in [0.25, 0.3) is 0 Å². The van der Waals surface area contributed by atoms with Gasteiger partial charge in [-0.05, 0) is 26.0 Å². The number of rotatable bonds is 4. The van der Waals surface area contributed by atoms with Crippen LogP contribution in [0.4, 0.5) is 20.2 Å². The van der Waals surface area contributed by atoms with E-state index in [1.54, 1.807) is 13.8 Å². The number of anilines is 2. The van der Waals surface area contributed by atoms with Crippen LogP contribution in [0.3, 0.4) is 0 Å². The predicted octanol–water partition coefficient (Wildman–Crippen LogP) is 2.38. The quantitative estimate of drug-likeness (QED) is 0.781. The topological polar surface area (TPSA) is 47.3 Å². The van der Waals surface area contributed by atoms with Gasteiger partial charge in [-0.1, -0.05) is 0 Å². The van der Waals surface area contributed by atoms with Crippen molar-refractivity contribution in [3.8, 4) is 0 Å². The lowest BCUT2D eigenvalue weighted by molar-refractivity contribution is 0.158. The molecule has 0 spiro atoms. The third kappa shape index (κ3) is 3.06. The van der Waals surface area contributed by atoms with E-state index >= 15 is 0 Å². The molecule has 0 aliphatic carbocycles. The highest BCUT2D eigenvalue weighted by Crippen LogP contribution is 2.25. The van der Waals surface area contributed by atoms with E-state index in [0.29, 0.717) is 6.61 Å². The number of methoxy groups -OCH3 is 1. The van der Waals surface area contributed by atoms with Crippen LogP contribution in [0.15, 0.2) is 12.1 Å². The minimum Gasteiger partial charge on any atom is -0.399 e. The molecule has 0 unspecified atom stereocenters. The number of nitrogens with two attached hydrogens (primary N) is 1. The van der Waals surface area contributed by atoms with Gasteiger partial charge in [0, 0.05) is 12.8 Å². The molecular weight excluding hydrogens is 214 g/mol. The minimum atomic E-state index is -0.707. The Labute approximate surface area is 93.6 Å². The number of nitrogen functional groups attached to an aromatic ring is 1. The van der Waals surface area contributed by atoms with E-state index in [1.165, 1.54) is 7.11 Å². The first-order chi connectivity index (χ1) is 7.35. The SMILES string of the molecule is COCC(C)(C)Nc1c(F)cc(N)cc1F. The largest absolute Gasteiger partial charge is 0.399 e. The molecule has 0 atom stereocenters. The Morgan fingerprint density at radius 1 is 1.31 bits per heavy atom. The Morgan fingerprint density at radius 3 is 2.25 bits per heavy atom. The maximum Gasteiger partial charge on any atom is 0.151 e. The summed E-state index contributed by atoms with van der Waals surface area (Å²) >= 11 is 0. The van der Waals surface area contributed by atoms with Crippen molar-refractivity contribution in [3.63, 3.8) is 0 Å². The van der Waals surface area contributed by atoms with Gasteiger partial charge in [-0.3, -0.25) is 0 Å². The first-order valence-electron chi connectivity index (χ1n) is 4.87. The zero-order valence-electron chi connectivity index (χ0n) is 9.60. The van der Waals surface area contributed by atoms with E-state index < -0.39 is 17.2 Å². The van der Waals surface area contributed by atoms with Gasteiger partial charge in [-0.15, -0.1) is 0 Å². The van der Waals surface area contributed by atoms with Crippen LogP contribution in [0, 0.1) is 11.6 Å². The van der Waals surface area contributed by atoms with Crippen LogP contribution in [0.5, 0.6) is 0 Å². The van der Waals surface area contributed by atoms with Crippen LogP contribution >= 0.6 is 0 Å². The molecule has 0 aliphatic rings. The molecule has 0 aromatic heterocycles. The summed E-state index contributed by atoms with van der Waals surface area (Å²) in [5.41, 5.74) is 4.63. The maximum atomic E-state index is 13.5. The summed E-state index contributed by atoms with van der Waals surface area (Å²) in [6.45, 7) is 3.90. The molecule has 1 rings (SSSR count). The molecule has 0 heterocycles. The van der Waals surface area contributed by atoms with Crippen molar-refractivity contribution in [2.45, 2.75) is 19.4 Å². The predicted molar refractivity (Wildman–Crippen MR) is 60.3 cm³/mol. The van der Waals surface area contributed by atoms with Crippen LogP contribution in [0.25, 0.3) is 0 Å². The molecule has 5 heteroatoms. The lowest BCUT2D eigenvalue weighted by atomic mass is 10.1. The van der Waals surface area contributed by atoms with Gasteiger partial charge in [-0.25, -0.2) is 8.78 Å². The Kier molecular flexibility index (Phi) is 3.70. The molecule has 0 bridgehead atoms. The highest BCUT2D eigenvalue weighted by Gasteiger charge is 2.21. The molecule has 0 amide bonds. The first kappa shape index (κ1) is 12.7. The fourth-order valence-corrected chi connectivity index (χ4v) is 1.45. The zero-order chi connectivity index (χ0) is 12.3. The second-order valence-corrected chi connectivity index (χ2v) is 4.30. The number of nitrogens with one attached hydrogen (secondary N) is 1. The third-order valence-corrected chi connectivity index (χ3v) is 2.03. The van der Waals surface area contributed by atoms with E-state index in [2.05, 4.69) is 5.32 Å². The molecular formula is C11H16F2N2O. The van der Waals surface area contributed by atoms with Crippen molar-refractivity contribution in [1.82, 2.24) is 0 Å². The fourth-order valence-electron chi connectivity index (χ4n) is 1.45. The monoisotopic (exact) mass is 230 g/mol. The van der Waals surface area contributed by atoms with Crippen LogP contribution in [0.1, 0.15) is 13.8 Å². The van der Waals surface area contributed by atoms with E-state index in [-0.39, 0.29) is 11.4 Å². The van der Waals surface area contributed by atoms with Gasteiger partial charge in [-0.2, -0.15) is 0 Å². The molecule has 0 saturated heterocycles. The van der Waals surface area contributed by atoms with Crippen LogP contribution < -0.4 is 11.1 Å². The van der Waals surface area contributed by atoms with Crippen LogP contribution in [-0.2, 0) is 4.74 Å². The van der Waals surface area contributed by atoms with Gasteiger partial charge in [0.2, 0.25) is 0 Å². The second-order valence-electron chi connectivity index (χ2n) is 4.30. The lowest BCUT2D eigenvalue weighted by Gasteiger charge is -2.27. The number of benzene rings is 1. The standard InChI is InChI=1S/C11H16F2N2O/c1-11(2,6-16-3)15-10-8(12)4-7(14)5-9(10)13/h4-5,15H,6,14H2,1-3H3. The number of hydrogen-bond donors (Lipinski definition) is 2. The number of hydrogen-bond acceptors (Lipinski definition) is 3. The average Bonchev–Trinajstić information content (AvgIpc) is 2.11. The fraction of sp³-hybridized carbons (Fsp3) is 0.455. The molecule has 3 nitrogen and oxygen atoms in total. The van der Waals surface area contributed by atoms with E-state index in [9.17, 15) is 8.78 Å². The van der Waals surface area contributed by atoms with Crippen molar-refractivity contribution in [1.29, 1.82) is 0 Å². The van der Waals surface area contributed by atoms with Crippen molar-refractivity contribution >= 4 is 11.4 Å². The van der Waals surface area contributed by atoms with Gasteiger partial charge in [0.05, 0.1) is 12.1 Å². The van der Waals surface area contributed by atoms with E-state index in [1.807, 2.05) is 0 Å². The normalized spacial score (nSPS) is 11.6. The van der Waals surface area contributed by atoms with Gasteiger partial charge >= 0.3 is 0 Å². The molecule has 16 heavy (non-hydrogen) atoms. The summed E-state index contributed by atoms with van der Waals surface area (Å²) in [5, 5.41) is 2.75. The summed E-state index contributed by atoms with van der Waals surface area (Å²) < 4.78 is 31.9. The molecule has 90 valence electrons. The summed E-state index contributed by atoms with van der Waals surface area (Å²) in [6, 6.07) is 2.16. The molecule has 0 saturated carbocycles. The first-order valence-corrected chi connectivity index (χ1v) is 4.87. The molecule has 0 aliphatic heterocycles. The summed E-state index contributed by atoms with van der Waals surface area (Å²) in [7, 11) is 1.53. The molecule has 0 radical (unpaired) electrons. The van der Waals surface area contributed by atoms with Crippen molar-refractivity contribution < 1.29 is 13.5 Å². The smallest absolute Gasteiger partial charge is 0.151 e. The van der Waals surface area contributed by atoms with Gasteiger partial charge in [0.1, 0.15) is 5.69 Å². The lowest BCUT2D eigenvalue weighted by Crippen LogP contribution is -2.36. The minimum absolute atomic E-state index is 0.0603. The maximum absolute atomic E-state index is 13.5. The van der Waals surface area contributed by atoms with E-state index in [4.69, 9.17) is 10.5 Å². The molecule has 1 aromatic rings. The third-order valence-electron chi connectivity index (χ3n) is 2.03. The van der Waals surface area contributed by atoms with Crippen LogP contribution in [-0.4, -0.2) is 19.3 Å². The van der Waals surface area contributed by atoms with Crippen LogP contribution in [0.2, 0.25) is 0 Å². The Balaban J connectivity index is 2.97. The number of ether oxygens (including phenoxy) is 1. The summed E-state index contributed by atoms with van der Waals surface area (Å²) in [5.74, 6) is -1.41. The molecule has 3 N–H and O–H groups in total.